The van der Waals surface area contributed by atoms with Gasteiger partial charge in [0.05, 0.1) is 5.88 Å². The first-order valence-electron chi connectivity index (χ1n) is 7.71. The van der Waals surface area contributed by atoms with E-state index in [1.807, 2.05) is 18.2 Å². The molecule has 1 fully saturated rings. The summed E-state index contributed by atoms with van der Waals surface area (Å²) < 4.78 is 0. The summed E-state index contributed by atoms with van der Waals surface area (Å²) in [5.74, 6) is 0.780. The molecule has 2 aromatic rings. The number of hydrogen-bond donors (Lipinski definition) is 1. The van der Waals surface area contributed by atoms with Crippen molar-refractivity contribution in [3.63, 3.8) is 0 Å². The molecule has 1 aliphatic rings. The van der Waals surface area contributed by atoms with E-state index >= 15 is 0 Å². The third-order valence-corrected chi connectivity index (χ3v) is 5.53. The lowest BCUT2D eigenvalue weighted by atomic mass is 10.1. The Balaban J connectivity index is 1.65. The molecule has 0 saturated carbocycles. The molecule has 1 aliphatic heterocycles. The van der Waals surface area contributed by atoms with E-state index in [2.05, 4.69) is 5.32 Å². The summed E-state index contributed by atoms with van der Waals surface area (Å²) in [7, 11) is 0. The zero-order valence-electron chi connectivity index (χ0n) is 13.2. The summed E-state index contributed by atoms with van der Waals surface area (Å²) >= 11 is 13.6. The van der Waals surface area contributed by atoms with Crippen LogP contribution >= 0.6 is 35.0 Å². The van der Waals surface area contributed by atoms with Gasteiger partial charge in [-0.05, 0) is 29.8 Å². The molecule has 7 heteroatoms. The van der Waals surface area contributed by atoms with Crippen LogP contribution in [0.15, 0.2) is 48.5 Å². The molecule has 3 rings (SSSR count). The largest absolute Gasteiger partial charge is 0.350 e. The molecule has 1 atom stereocenters. The van der Waals surface area contributed by atoms with Crippen LogP contribution in [0.1, 0.15) is 15.9 Å². The molecule has 4 nitrogen and oxygen atoms in total. The number of hydrogen-bond acceptors (Lipinski definition) is 3. The molecule has 0 aliphatic carbocycles. The standard InChI is InChI=1S/C18H16Cl2N2O2S/c19-14-7-6-13(15(20)8-14)9-21-17(23)16-10-25-11-22(16)18(24)12-4-2-1-3-5-12/h1-8,16H,9-11H2,(H,21,23). The van der Waals surface area contributed by atoms with Gasteiger partial charge in [0.25, 0.3) is 5.91 Å². The molecule has 0 spiro atoms. The van der Waals surface area contributed by atoms with E-state index in [0.29, 0.717) is 33.8 Å². The minimum absolute atomic E-state index is 0.129. The number of thioether (sulfide) groups is 1. The number of halogens is 2. The number of amides is 2. The predicted octanol–water partition coefficient (Wildman–Crippen LogP) is 3.82. The predicted molar refractivity (Wildman–Crippen MR) is 102 cm³/mol. The highest BCUT2D eigenvalue weighted by Crippen LogP contribution is 2.24. The molecule has 1 unspecified atom stereocenters. The number of benzene rings is 2. The zero-order chi connectivity index (χ0) is 17.8. The SMILES string of the molecule is O=C(NCc1ccc(Cl)cc1Cl)C1CSCN1C(=O)c1ccccc1. The van der Waals surface area contributed by atoms with Gasteiger partial charge in [0.2, 0.25) is 5.91 Å². The van der Waals surface area contributed by atoms with Crippen molar-refractivity contribution in [2.75, 3.05) is 11.6 Å². The number of nitrogens with one attached hydrogen (secondary N) is 1. The molecule has 1 N–H and O–H groups in total. The first kappa shape index (κ1) is 18.1. The average molecular weight is 395 g/mol. The van der Waals surface area contributed by atoms with Crippen LogP contribution in [0.4, 0.5) is 0 Å². The third kappa shape index (κ3) is 4.29. The molecular formula is C18H16Cl2N2O2S. The molecule has 2 amide bonds. The molecular weight excluding hydrogens is 379 g/mol. The molecule has 2 aromatic carbocycles. The molecule has 1 saturated heterocycles. The Bertz CT molecular complexity index is 786. The van der Waals surface area contributed by atoms with Crippen LogP contribution in [0.3, 0.4) is 0 Å². The number of rotatable bonds is 4. The van der Waals surface area contributed by atoms with Crippen molar-refractivity contribution < 1.29 is 9.59 Å². The Morgan fingerprint density at radius 2 is 1.92 bits per heavy atom. The summed E-state index contributed by atoms with van der Waals surface area (Å²) in [5.41, 5.74) is 1.37. The lowest BCUT2D eigenvalue weighted by Crippen LogP contribution is -2.47. The van der Waals surface area contributed by atoms with Crippen LogP contribution < -0.4 is 5.32 Å². The van der Waals surface area contributed by atoms with Gasteiger partial charge in [-0.25, -0.2) is 0 Å². The Hall–Kier alpha value is -1.69. The first-order valence-corrected chi connectivity index (χ1v) is 9.62. The maximum Gasteiger partial charge on any atom is 0.255 e. The second-order valence-electron chi connectivity index (χ2n) is 5.61. The van der Waals surface area contributed by atoms with Crippen molar-refractivity contribution in [2.45, 2.75) is 12.6 Å². The summed E-state index contributed by atoms with van der Waals surface area (Å²) in [4.78, 5) is 26.8. The van der Waals surface area contributed by atoms with Crippen LogP contribution in [-0.2, 0) is 11.3 Å². The van der Waals surface area contributed by atoms with Crippen molar-refractivity contribution in [1.29, 1.82) is 0 Å². The van der Waals surface area contributed by atoms with Gasteiger partial charge in [-0.2, -0.15) is 0 Å². The molecule has 0 radical (unpaired) electrons. The summed E-state index contributed by atoms with van der Waals surface area (Å²) in [5, 5.41) is 3.92. The maximum absolute atomic E-state index is 12.6. The van der Waals surface area contributed by atoms with E-state index in [1.54, 1.807) is 47.0 Å². The van der Waals surface area contributed by atoms with E-state index in [4.69, 9.17) is 23.2 Å². The van der Waals surface area contributed by atoms with Crippen LogP contribution in [0.2, 0.25) is 10.0 Å². The van der Waals surface area contributed by atoms with Crippen LogP contribution in [-0.4, -0.2) is 34.4 Å². The van der Waals surface area contributed by atoms with E-state index in [-0.39, 0.29) is 11.8 Å². The van der Waals surface area contributed by atoms with Crippen molar-refractivity contribution in [1.82, 2.24) is 10.2 Å². The van der Waals surface area contributed by atoms with Gasteiger partial charge < -0.3 is 10.2 Å². The fourth-order valence-electron chi connectivity index (χ4n) is 2.57. The molecule has 1 heterocycles. The normalized spacial score (nSPS) is 16.7. The highest BCUT2D eigenvalue weighted by molar-refractivity contribution is 7.99. The average Bonchev–Trinajstić information content (AvgIpc) is 3.10. The highest BCUT2D eigenvalue weighted by Gasteiger charge is 2.34. The lowest BCUT2D eigenvalue weighted by molar-refractivity contribution is -0.124. The summed E-state index contributed by atoms with van der Waals surface area (Å²) in [6.07, 6.45) is 0. The maximum atomic E-state index is 12.6. The number of carbonyl (C=O) groups is 2. The van der Waals surface area contributed by atoms with Crippen molar-refractivity contribution >= 4 is 46.8 Å². The Kier molecular flexibility index (Phi) is 5.89. The van der Waals surface area contributed by atoms with Crippen LogP contribution in [0.5, 0.6) is 0 Å². The fraction of sp³-hybridized carbons (Fsp3) is 0.222. The van der Waals surface area contributed by atoms with Gasteiger partial charge in [0, 0.05) is 27.9 Å². The second-order valence-corrected chi connectivity index (χ2v) is 7.45. The van der Waals surface area contributed by atoms with Crippen molar-refractivity contribution in [2.24, 2.45) is 0 Å². The van der Waals surface area contributed by atoms with Gasteiger partial charge in [0.1, 0.15) is 6.04 Å². The number of nitrogens with zero attached hydrogens (tertiary/aromatic N) is 1. The Labute approximate surface area is 160 Å². The summed E-state index contributed by atoms with van der Waals surface area (Å²) in [6.45, 7) is 0.295. The zero-order valence-corrected chi connectivity index (χ0v) is 15.6. The second kappa shape index (κ2) is 8.13. The van der Waals surface area contributed by atoms with Crippen LogP contribution in [0.25, 0.3) is 0 Å². The fourth-order valence-corrected chi connectivity index (χ4v) is 4.20. The Morgan fingerprint density at radius 3 is 2.64 bits per heavy atom. The minimum atomic E-state index is -0.483. The van der Waals surface area contributed by atoms with Crippen molar-refractivity contribution in [3.8, 4) is 0 Å². The monoisotopic (exact) mass is 394 g/mol. The van der Waals surface area contributed by atoms with E-state index in [9.17, 15) is 9.59 Å². The summed E-state index contributed by atoms with van der Waals surface area (Å²) in [6, 6.07) is 13.7. The smallest absolute Gasteiger partial charge is 0.255 e. The molecule has 25 heavy (non-hydrogen) atoms. The highest BCUT2D eigenvalue weighted by atomic mass is 35.5. The van der Waals surface area contributed by atoms with E-state index in [1.165, 1.54) is 0 Å². The lowest BCUT2D eigenvalue weighted by Gasteiger charge is -2.23. The molecule has 0 bridgehead atoms. The molecule has 130 valence electrons. The van der Waals surface area contributed by atoms with Gasteiger partial charge in [0.15, 0.2) is 0 Å². The van der Waals surface area contributed by atoms with Gasteiger partial charge >= 0.3 is 0 Å². The number of carbonyl (C=O) groups excluding carboxylic acids is 2. The third-order valence-electron chi connectivity index (χ3n) is 3.93. The van der Waals surface area contributed by atoms with E-state index in [0.717, 1.165) is 5.56 Å². The minimum Gasteiger partial charge on any atom is -0.350 e. The topological polar surface area (TPSA) is 49.4 Å². The van der Waals surface area contributed by atoms with Gasteiger partial charge in [-0.1, -0.05) is 47.5 Å². The van der Waals surface area contributed by atoms with Crippen LogP contribution in [0, 0.1) is 0 Å². The first-order chi connectivity index (χ1) is 12.1. The van der Waals surface area contributed by atoms with Gasteiger partial charge in [-0.3, -0.25) is 9.59 Å². The van der Waals surface area contributed by atoms with E-state index < -0.39 is 6.04 Å². The quantitative estimate of drug-likeness (QED) is 0.856. The van der Waals surface area contributed by atoms with Crippen molar-refractivity contribution in [3.05, 3.63) is 69.7 Å². The Morgan fingerprint density at radius 1 is 1.16 bits per heavy atom. The van der Waals surface area contributed by atoms with Gasteiger partial charge in [-0.15, -0.1) is 11.8 Å². The molecule has 0 aromatic heterocycles.